The fourth-order valence-corrected chi connectivity index (χ4v) is 6.98. The van der Waals surface area contributed by atoms with Gasteiger partial charge in [-0.2, -0.15) is 0 Å². The molecule has 0 aromatic rings. The molecule has 3 fully saturated rings. The summed E-state index contributed by atoms with van der Waals surface area (Å²) < 4.78 is 23.3. The van der Waals surface area contributed by atoms with Crippen LogP contribution in [0.3, 0.4) is 0 Å². The number of ether oxygens (including phenoxy) is 4. The van der Waals surface area contributed by atoms with Gasteiger partial charge in [0.05, 0.1) is 12.0 Å². The summed E-state index contributed by atoms with van der Waals surface area (Å²) in [5, 5.41) is 0. The van der Waals surface area contributed by atoms with E-state index in [1.807, 2.05) is 6.92 Å². The van der Waals surface area contributed by atoms with Crippen LogP contribution in [-0.4, -0.2) is 49.4 Å². The third-order valence-corrected chi connectivity index (χ3v) is 9.31. The number of fused-ring (bicyclic) bond motifs is 2. The van der Waals surface area contributed by atoms with E-state index in [-0.39, 0.29) is 47.9 Å². The molecule has 2 aliphatic heterocycles. The molecule has 2 saturated carbocycles. The average molecular weight is 475 g/mol. The molecule has 7 heteroatoms. The van der Waals surface area contributed by atoms with Gasteiger partial charge in [-0.25, -0.2) is 9.59 Å². The Balaban J connectivity index is 1.71. The van der Waals surface area contributed by atoms with Crippen molar-refractivity contribution in [2.24, 2.45) is 22.7 Å². The van der Waals surface area contributed by atoms with E-state index in [1.54, 1.807) is 19.1 Å². The smallest absolute Gasteiger partial charge is 0.333 e. The lowest BCUT2D eigenvalue weighted by atomic mass is 9.43. The van der Waals surface area contributed by atoms with Crippen LogP contribution in [0.15, 0.2) is 23.3 Å². The van der Waals surface area contributed by atoms with Crippen LogP contribution < -0.4 is 0 Å². The summed E-state index contributed by atoms with van der Waals surface area (Å²) in [4.78, 5) is 36.5. The van der Waals surface area contributed by atoms with Crippen molar-refractivity contribution >= 4 is 17.9 Å². The number of esters is 3. The number of hydrogen-bond donors (Lipinski definition) is 0. The molecule has 1 spiro atoms. The number of hydrogen-bond acceptors (Lipinski definition) is 7. The third-order valence-electron chi connectivity index (χ3n) is 9.31. The van der Waals surface area contributed by atoms with Gasteiger partial charge in [-0.1, -0.05) is 26.3 Å². The lowest BCUT2D eigenvalue weighted by molar-refractivity contribution is -0.228. The van der Waals surface area contributed by atoms with Crippen molar-refractivity contribution in [1.82, 2.24) is 0 Å². The topological polar surface area (TPSA) is 91.4 Å². The number of allylic oxidation sites excluding steroid dienone is 1. The minimum absolute atomic E-state index is 0.107. The minimum atomic E-state index is -0.599. The normalized spacial score (nSPS) is 39.2. The summed E-state index contributed by atoms with van der Waals surface area (Å²) >= 11 is 0. The Morgan fingerprint density at radius 2 is 2.03 bits per heavy atom. The zero-order chi connectivity index (χ0) is 24.7. The number of carbonyl (C=O) groups excluding carboxylic acids is 3. The van der Waals surface area contributed by atoms with Crippen molar-refractivity contribution < 1.29 is 33.3 Å². The molecule has 0 amide bonds. The van der Waals surface area contributed by atoms with Crippen molar-refractivity contribution in [2.75, 3.05) is 19.8 Å². The summed E-state index contributed by atoms with van der Waals surface area (Å²) in [6.45, 7) is 10.7. The van der Waals surface area contributed by atoms with Crippen LogP contribution in [-0.2, 0) is 33.3 Å². The Hall–Kier alpha value is -2.15. The summed E-state index contributed by atoms with van der Waals surface area (Å²) in [6.07, 6.45) is 8.18. The van der Waals surface area contributed by atoms with Gasteiger partial charge in [0.2, 0.25) is 0 Å². The Morgan fingerprint density at radius 1 is 1.29 bits per heavy atom. The second-order valence-electron chi connectivity index (χ2n) is 11.0. The van der Waals surface area contributed by atoms with Crippen molar-refractivity contribution in [3.8, 4) is 0 Å². The molecular formula is C27H38O7. The number of carbonyl (C=O) groups is 3. The van der Waals surface area contributed by atoms with E-state index in [1.165, 1.54) is 6.92 Å². The lowest BCUT2D eigenvalue weighted by Gasteiger charge is -2.63. The van der Waals surface area contributed by atoms with Gasteiger partial charge in [-0.3, -0.25) is 4.79 Å². The summed E-state index contributed by atoms with van der Waals surface area (Å²) in [7, 11) is 0. The molecule has 4 aliphatic rings. The van der Waals surface area contributed by atoms with Gasteiger partial charge < -0.3 is 18.9 Å². The molecule has 0 unspecified atom stereocenters. The second kappa shape index (κ2) is 9.14. The van der Waals surface area contributed by atoms with E-state index >= 15 is 0 Å². The SMILES string of the molecule is C/C=C(\C)C(=O)OC[C@@]12[C@@H](OC(C)=O)C[C@H](C)[C@](C)(CCC3=CC(=O)OC3)[C@H]1CCC[C@]21CO1. The quantitative estimate of drug-likeness (QED) is 0.235. The Labute approximate surface area is 202 Å². The highest BCUT2D eigenvalue weighted by Crippen LogP contribution is 2.69. The number of rotatable bonds is 7. The highest BCUT2D eigenvalue weighted by Gasteiger charge is 2.74. The van der Waals surface area contributed by atoms with Gasteiger partial charge in [0.25, 0.3) is 0 Å². The molecule has 0 aromatic carbocycles. The monoisotopic (exact) mass is 474 g/mol. The first-order valence-corrected chi connectivity index (χ1v) is 12.6. The summed E-state index contributed by atoms with van der Waals surface area (Å²) in [5.41, 5.74) is 0.438. The van der Waals surface area contributed by atoms with Crippen molar-refractivity contribution in [3.63, 3.8) is 0 Å². The zero-order valence-electron chi connectivity index (χ0n) is 21.1. The van der Waals surface area contributed by atoms with Crippen LogP contribution in [0.1, 0.15) is 73.1 Å². The van der Waals surface area contributed by atoms with Gasteiger partial charge in [-0.05, 0) is 68.8 Å². The molecule has 0 N–H and O–H groups in total. The van der Waals surface area contributed by atoms with Crippen molar-refractivity contribution in [1.29, 1.82) is 0 Å². The molecular weight excluding hydrogens is 436 g/mol. The number of epoxide rings is 1. The highest BCUT2D eigenvalue weighted by atomic mass is 16.6. The predicted molar refractivity (Wildman–Crippen MR) is 125 cm³/mol. The van der Waals surface area contributed by atoms with E-state index in [9.17, 15) is 14.4 Å². The Bertz CT molecular complexity index is 914. The largest absolute Gasteiger partial charge is 0.462 e. The first-order valence-electron chi connectivity index (χ1n) is 12.6. The van der Waals surface area contributed by atoms with Crippen molar-refractivity contribution in [3.05, 3.63) is 23.3 Å². The van der Waals surface area contributed by atoms with Gasteiger partial charge in [-0.15, -0.1) is 0 Å². The van der Waals surface area contributed by atoms with Crippen molar-refractivity contribution in [2.45, 2.75) is 84.8 Å². The minimum Gasteiger partial charge on any atom is -0.462 e. The van der Waals surface area contributed by atoms with Crippen LogP contribution in [0.25, 0.3) is 0 Å². The van der Waals surface area contributed by atoms with E-state index in [4.69, 9.17) is 18.9 Å². The van der Waals surface area contributed by atoms with E-state index in [0.717, 1.165) is 37.7 Å². The fraction of sp³-hybridized carbons (Fsp3) is 0.741. The van der Waals surface area contributed by atoms with Gasteiger partial charge in [0.1, 0.15) is 24.9 Å². The first kappa shape index (κ1) is 25.0. The van der Waals surface area contributed by atoms with E-state index < -0.39 is 11.0 Å². The fourth-order valence-electron chi connectivity index (χ4n) is 6.98. The molecule has 2 aliphatic carbocycles. The molecule has 188 valence electrons. The molecule has 4 rings (SSSR count). The molecule has 2 heterocycles. The predicted octanol–water partition coefficient (Wildman–Crippen LogP) is 4.29. The Morgan fingerprint density at radius 3 is 2.62 bits per heavy atom. The molecule has 7 nitrogen and oxygen atoms in total. The maximum atomic E-state index is 12.7. The van der Waals surface area contributed by atoms with Crippen LogP contribution in [0.5, 0.6) is 0 Å². The van der Waals surface area contributed by atoms with Crippen LogP contribution in [0, 0.1) is 22.7 Å². The summed E-state index contributed by atoms with van der Waals surface area (Å²) in [5.74, 6) is -0.513. The van der Waals surface area contributed by atoms with E-state index in [0.29, 0.717) is 25.2 Å². The standard InChI is InChI=1S/C27H38O7/c1-6-17(2)24(30)32-16-27-21(8-7-10-26(27)15-33-26)25(5,11-9-20-13-23(29)31-14-20)18(3)12-22(27)34-19(4)28/h6,13,18,21-22H,7-12,14-16H2,1-5H3/b17-6+/t18-,21+,22-,25-,26-,27-/m0/s1. The number of cyclic esters (lactones) is 1. The third kappa shape index (κ3) is 4.10. The first-order chi connectivity index (χ1) is 16.1. The average Bonchev–Trinajstić information content (AvgIpc) is 3.45. The molecule has 34 heavy (non-hydrogen) atoms. The molecule has 6 atom stereocenters. The van der Waals surface area contributed by atoms with Crippen LogP contribution >= 0.6 is 0 Å². The Kier molecular flexibility index (Phi) is 6.71. The maximum Gasteiger partial charge on any atom is 0.333 e. The van der Waals surface area contributed by atoms with Gasteiger partial charge in [0, 0.05) is 18.6 Å². The zero-order valence-corrected chi connectivity index (χ0v) is 21.1. The van der Waals surface area contributed by atoms with Crippen LogP contribution in [0.2, 0.25) is 0 Å². The second-order valence-corrected chi connectivity index (χ2v) is 11.0. The lowest BCUT2D eigenvalue weighted by Crippen LogP contribution is -2.67. The summed E-state index contributed by atoms with van der Waals surface area (Å²) in [6, 6.07) is 0. The van der Waals surface area contributed by atoms with Gasteiger partial charge in [0.15, 0.2) is 0 Å². The van der Waals surface area contributed by atoms with Gasteiger partial charge >= 0.3 is 17.9 Å². The maximum absolute atomic E-state index is 12.7. The molecule has 0 bridgehead atoms. The highest BCUT2D eigenvalue weighted by molar-refractivity contribution is 5.87. The molecule has 0 radical (unpaired) electrons. The molecule has 1 saturated heterocycles. The van der Waals surface area contributed by atoms with Crippen LogP contribution in [0.4, 0.5) is 0 Å². The van der Waals surface area contributed by atoms with E-state index in [2.05, 4.69) is 13.8 Å². The molecule has 0 aromatic heterocycles.